The Labute approximate surface area is 305 Å². The Morgan fingerprint density at radius 1 is 0.882 bits per heavy atom. The Morgan fingerprint density at radius 3 is 2.14 bits per heavy atom. The molecule has 0 spiro atoms. The molecule has 0 bridgehead atoms. The summed E-state index contributed by atoms with van der Waals surface area (Å²) in [6.07, 6.45) is 9.90. The highest BCUT2D eigenvalue weighted by Crippen LogP contribution is 2.27. The predicted octanol–water partition coefficient (Wildman–Crippen LogP) is 1.33. The SMILES string of the molecule is CCCCCC[C@H]1OC[C@@H](C)NC(=O)[C@H](CNCCO)NC(=O)[C@H](CN)NC(=O)[C@H](C2CCCCCC2)NC(=O)[C@H](CC(C)C)N(C)C(=O)[C@@H]1C. The lowest BCUT2D eigenvalue weighted by Gasteiger charge is -2.35. The van der Waals surface area contributed by atoms with Crippen LogP contribution in [0.25, 0.3) is 0 Å². The lowest BCUT2D eigenvalue weighted by atomic mass is 9.90. The average molecular weight is 724 g/mol. The number of nitrogens with two attached hydrogens (primary N) is 1. The van der Waals surface area contributed by atoms with Gasteiger partial charge in [-0.2, -0.15) is 0 Å². The van der Waals surface area contributed by atoms with Crippen molar-refractivity contribution in [2.24, 2.45) is 23.5 Å². The van der Waals surface area contributed by atoms with Crippen LogP contribution in [0.4, 0.5) is 0 Å². The second-order valence-corrected chi connectivity index (χ2v) is 15.0. The third-order valence-corrected chi connectivity index (χ3v) is 10.1. The van der Waals surface area contributed by atoms with Crippen molar-refractivity contribution in [2.75, 3.05) is 39.9 Å². The van der Waals surface area contributed by atoms with E-state index in [1.54, 1.807) is 14.0 Å². The van der Waals surface area contributed by atoms with Crippen molar-refractivity contribution in [3.05, 3.63) is 0 Å². The van der Waals surface area contributed by atoms with Crippen molar-refractivity contribution in [3.63, 3.8) is 0 Å². The van der Waals surface area contributed by atoms with E-state index in [0.29, 0.717) is 12.8 Å². The van der Waals surface area contributed by atoms with Crippen LogP contribution < -0.4 is 32.3 Å². The minimum absolute atomic E-state index is 0.0207. The molecule has 0 aromatic carbocycles. The summed E-state index contributed by atoms with van der Waals surface area (Å²) < 4.78 is 6.36. The summed E-state index contributed by atoms with van der Waals surface area (Å²) in [7, 11) is 1.64. The summed E-state index contributed by atoms with van der Waals surface area (Å²) in [5, 5.41) is 23.7. The van der Waals surface area contributed by atoms with E-state index in [9.17, 15) is 29.1 Å². The zero-order valence-corrected chi connectivity index (χ0v) is 32.1. The van der Waals surface area contributed by atoms with Crippen molar-refractivity contribution in [3.8, 4) is 0 Å². The third kappa shape index (κ3) is 15.0. The molecule has 2 aliphatic rings. The van der Waals surface area contributed by atoms with Crippen LogP contribution in [0.5, 0.6) is 0 Å². The van der Waals surface area contributed by atoms with Gasteiger partial charge in [0.2, 0.25) is 29.5 Å². The van der Waals surface area contributed by atoms with Crippen LogP contribution in [0.15, 0.2) is 0 Å². The second kappa shape index (κ2) is 23.7. The van der Waals surface area contributed by atoms with E-state index in [4.69, 9.17) is 10.5 Å². The number of unbranched alkanes of at least 4 members (excludes halogenated alkanes) is 3. The number of rotatable bonds is 13. The molecule has 0 aromatic rings. The molecule has 1 saturated heterocycles. The zero-order valence-electron chi connectivity index (χ0n) is 32.1. The van der Waals surface area contributed by atoms with Gasteiger partial charge in [-0.05, 0) is 44.4 Å². The fraction of sp³-hybridized carbons (Fsp3) is 0.865. The van der Waals surface area contributed by atoms with Crippen LogP contribution >= 0.6 is 0 Å². The number of amides is 5. The minimum atomic E-state index is -1.18. The smallest absolute Gasteiger partial charge is 0.244 e. The van der Waals surface area contributed by atoms with Gasteiger partial charge < -0.3 is 47.1 Å². The van der Waals surface area contributed by atoms with Gasteiger partial charge in [-0.25, -0.2) is 0 Å². The van der Waals surface area contributed by atoms with Crippen molar-refractivity contribution in [1.82, 2.24) is 31.5 Å². The summed E-state index contributed by atoms with van der Waals surface area (Å²) in [6, 6.07) is -4.48. The molecule has 1 aliphatic heterocycles. The molecule has 2 fully saturated rings. The minimum Gasteiger partial charge on any atom is -0.395 e. The first kappa shape index (κ1) is 44.4. The number of hydrogen-bond acceptors (Lipinski definition) is 9. The fourth-order valence-electron chi connectivity index (χ4n) is 7.02. The van der Waals surface area contributed by atoms with Crippen LogP contribution in [-0.2, 0) is 28.7 Å². The number of aliphatic hydroxyl groups excluding tert-OH is 1. The van der Waals surface area contributed by atoms with Crippen LogP contribution in [0.3, 0.4) is 0 Å². The Balaban J connectivity index is 2.57. The van der Waals surface area contributed by atoms with Gasteiger partial charge >= 0.3 is 0 Å². The van der Waals surface area contributed by atoms with E-state index in [1.165, 1.54) is 4.90 Å². The highest BCUT2D eigenvalue weighted by molar-refractivity contribution is 5.96. The number of likely N-dealkylation sites (N-methyl/N-ethyl adjacent to an activating group) is 1. The Hall–Kier alpha value is -2.81. The molecule has 294 valence electrons. The summed E-state index contributed by atoms with van der Waals surface area (Å²) in [5.74, 6) is -2.97. The Kier molecular flexibility index (Phi) is 20.6. The number of carbonyl (C=O) groups is 5. The van der Waals surface area contributed by atoms with Gasteiger partial charge in [0.05, 0.1) is 25.2 Å². The molecule has 1 saturated carbocycles. The summed E-state index contributed by atoms with van der Waals surface area (Å²) in [5.41, 5.74) is 6.01. The summed E-state index contributed by atoms with van der Waals surface area (Å²) in [6.45, 7) is 9.67. The summed E-state index contributed by atoms with van der Waals surface area (Å²) >= 11 is 0. The zero-order chi connectivity index (χ0) is 37.9. The second-order valence-electron chi connectivity index (χ2n) is 15.0. The molecule has 8 N–H and O–H groups in total. The molecule has 14 nitrogen and oxygen atoms in total. The number of nitrogens with zero attached hydrogens (tertiary/aromatic N) is 1. The van der Waals surface area contributed by atoms with E-state index in [1.807, 2.05) is 20.8 Å². The molecule has 2 rings (SSSR count). The van der Waals surface area contributed by atoms with Crippen molar-refractivity contribution < 1.29 is 33.8 Å². The first-order valence-electron chi connectivity index (χ1n) is 19.5. The quantitative estimate of drug-likeness (QED) is 0.108. The standard InChI is InChI=1S/C37H69N7O7/c1-7-8-9-14-17-31-26(5)37(50)44(6)30(20-24(2)3)35(48)43-32(27-15-12-10-11-13-16-27)36(49)41-28(21-38)33(46)42-29(22-39-18-19-45)34(47)40-25(4)23-51-31/h24-32,39,45H,7-23,38H2,1-6H3,(H,40,47)(H,41,49)(H,42,46)(H,43,48)/t25-,26-,28+,29+,30+,31-,32+/m1/s1. The largest absolute Gasteiger partial charge is 0.395 e. The number of carbonyl (C=O) groups excluding carboxylic acids is 5. The Morgan fingerprint density at radius 2 is 1.53 bits per heavy atom. The number of hydrogen-bond donors (Lipinski definition) is 7. The average Bonchev–Trinajstić information content (AvgIpc) is 3.39. The highest BCUT2D eigenvalue weighted by Gasteiger charge is 2.38. The van der Waals surface area contributed by atoms with Gasteiger partial charge in [-0.15, -0.1) is 0 Å². The molecule has 1 heterocycles. The lowest BCUT2D eigenvalue weighted by Crippen LogP contribution is -2.62. The van der Waals surface area contributed by atoms with Gasteiger partial charge in [0.25, 0.3) is 0 Å². The molecule has 51 heavy (non-hydrogen) atoms. The van der Waals surface area contributed by atoms with Crippen LogP contribution in [0.2, 0.25) is 0 Å². The first-order valence-corrected chi connectivity index (χ1v) is 19.5. The predicted molar refractivity (Wildman–Crippen MR) is 197 cm³/mol. The first-order chi connectivity index (χ1) is 24.3. The molecule has 14 heteroatoms. The van der Waals surface area contributed by atoms with Gasteiger partial charge in [0.1, 0.15) is 24.2 Å². The Bertz CT molecular complexity index is 1090. The van der Waals surface area contributed by atoms with E-state index >= 15 is 0 Å². The molecule has 0 aromatic heterocycles. The van der Waals surface area contributed by atoms with Gasteiger partial charge in [-0.1, -0.05) is 79.1 Å². The van der Waals surface area contributed by atoms with E-state index < -0.39 is 65.9 Å². The van der Waals surface area contributed by atoms with E-state index in [-0.39, 0.29) is 50.6 Å². The molecule has 1 aliphatic carbocycles. The third-order valence-electron chi connectivity index (χ3n) is 10.1. The normalized spacial score (nSPS) is 28.9. The van der Waals surface area contributed by atoms with Crippen molar-refractivity contribution in [2.45, 2.75) is 148 Å². The molecule has 5 amide bonds. The number of aliphatic hydroxyl groups is 1. The van der Waals surface area contributed by atoms with Gasteiger partial charge in [0, 0.05) is 32.7 Å². The van der Waals surface area contributed by atoms with Crippen LogP contribution in [0, 0.1) is 17.8 Å². The molecule has 0 unspecified atom stereocenters. The lowest BCUT2D eigenvalue weighted by molar-refractivity contribution is -0.147. The highest BCUT2D eigenvalue weighted by atomic mass is 16.5. The fourth-order valence-corrected chi connectivity index (χ4v) is 7.02. The summed E-state index contributed by atoms with van der Waals surface area (Å²) in [4.78, 5) is 71.0. The van der Waals surface area contributed by atoms with E-state index in [0.717, 1.165) is 64.2 Å². The van der Waals surface area contributed by atoms with Crippen LogP contribution in [-0.4, -0.2) is 116 Å². The molecule has 7 atom stereocenters. The van der Waals surface area contributed by atoms with Gasteiger partial charge in [0.15, 0.2) is 0 Å². The van der Waals surface area contributed by atoms with Crippen molar-refractivity contribution in [1.29, 1.82) is 0 Å². The maximum atomic E-state index is 14.2. The maximum absolute atomic E-state index is 14.2. The monoisotopic (exact) mass is 724 g/mol. The van der Waals surface area contributed by atoms with E-state index in [2.05, 4.69) is 33.5 Å². The molecular formula is C37H69N7O7. The molecule has 0 radical (unpaired) electrons. The maximum Gasteiger partial charge on any atom is 0.244 e. The number of nitrogens with one attached hydrogen (secondary N) is 5. The topological polar surface area (TPSA) is 204 Å². The molecular weight excluding hydrogens is 654 g/mol. The number of ether oxygens (including phenoxy) is 1. The van der Waals surface area contributed by atoms with Crippen LogP contribution in [0.1, 0.15) is 112 Å². The van der Waals surface area contributed by atoms with Gasteiger partial charge in [-0.3, -0.25) is 24.0 Å². The van der Waals surface area contributed by atoms with Crippen molar-refractivity contribution >= 4 is 29.5 Å².